The van der Waals surface area contributed by atoms with E-state index in [4.69, 9.17) is 5.11 Å². The van der Waals surface area contributed by atoms with Crippen molar-refractivity contribution < 1.29 is 19.5 Å². The summed E-state index contributed by atoms with van der Waals surface area (Å²) in [4.78, 5) is 40.6. The highest BCUT2D eigenvalue weighted by Crippen LogP contribution is 2.47. The van der Waals surface area contributed by atoms with E-state index >= 15 is 0 Å². The number of hydrogen-bond donors (Lipinski definition) is 2. The minimum absolute atomic E-state index is 0.0296. The minimum atomic E-state index is -1.05. The minimum Gasteiger partial charge on any atom is -0.476 e. The van der Waals surface area contributed by atoms with Gasteiger partial charge in [-0.2, -0.15) is 0 Å². The molecule has 0 radical (unpaired) electrons. The molecular formula is C14H17N3O4S2. The predicted molar refractivity (Wildman–Crippen MR) is 86.5 cm³/mol. The lowest BCUT2D eigenvalue weighted by molar-refractivity contribution is -0.137. The lowest BCUT2D eigenvalue weighted by atomic mass is 10.2. The Balaban J connectivity index is 1.53. The number of rotatable bonds is 5. The highest BCUT2D eigenvalue weighted by molar-refractivity contribution is 8.01. The van der Waals surface area contributed by atoms with Crippen LogP contribution in [0, 0.1) is 0 Å². The molecule has 0 bridgehead atoms. The zero-order valence-corrected chi connectivity index (χ0v) is 14.2. The van der Waals surface area contributed by atoms with Gasteiger partial charge in [0.05, 0.1) is 9.88 Å². The third-order valence-electron chi connectivity index (χ3n) is 4.16. The van der Waals surface area contributed by atoms with E-state index in [1.165, 1.54) is 16.7 Å². The number of amides is 2. The highest BCUT2D eigenvalue weighted by atomic mass is 32.2. The molecule has 2 N–H and O–H groups in total. The molecule has 2 saturated heterocycles. The first-order valence-corrected chi connectivity index (χ1v) is 9.19. The van der Waals surface area contributed by atoms with Gasteiger partial charge >= 0.3 is 5.97 Å². The lowest BCUT2D eigenvalue weighted by Crippen LogP contribution is -2.50. The molecule has 2 aliphatic heterocycles. The number of aromatic carboxylic acids is 1. The van der Waals surface area contributed by atoms with Gasteiger partial charge in [-0.3, -0.25) is 9.59 Å². The van der Waals surface area contributed by atoms with Gasteiger partial charge in [-0.05, 0) is 13.3 Å². The Bertz CT molecular complexity index is 662. The van der Waals surface area contributed by atoms with Crippen molar-refractivity contribution in [2.45, 2.75) is 37.1 Å². The van der Waals surface area contributed by atoms with E-state index in [0.29, 0.717) is 30.1 Å². The molecule has 2 atom stereocenters. The number of thiazole rings is 1. The Labute approximate surface area is 141 Å². The van der Waals surface area contributed by atoms with E-state index in [9.17, 15) is 14.4 Å². The number of fused-ring (bicyclic) bond motifs is 1. The fourth-order valence-corrected chi connectivity index (χ4v) is 5.15. The summed E-state index contributed by atoms with van der Waals surface area (Å²) >= 11 is 2.93. The number of nitrogens with zero attached hydrogens (tertiary/aromatic N) is 2. The molecule has 2 aliphatic rings. The molecule has 2 fully saturated rings. The van der Waals surface area contributed by atoms with Gasteiger partial charge in [0.25, 0.3) is 0 Å². The topological polar surface area (TPSA) is 99.6 Å². The van der Waals surface area contributed by atoms with Gasteiger partial charge in [-0.25, -0.2) is 9.78 Å². The Morgan fingerprint density at radius 2 is 2.35 bits per heavy atom. The first-order valence-electron chi connectivity index (χ1n) is 7.32. The van der Waals surface area contributed by atoms with Crippen LogP contribution in [0.4, 0.5) is 0 Å². The number of thioether (sulfide) groups is 1. The van der Waals surface area contributed by atoms with Crippen LogP contribution in [0.1, 0.15) is 35.3 Å². The van der Waals surface area contributed by atoms with Crippen LogP contribution in [0.25, 0.3) is 0 Å². The number of hydrogen-bond acceptors (Lipinski definition) is 6. The molecular weight excluding hydrogens is 338 g/mol. The number of nitrogens with one attached hydrogen (secondary N) is 1. The smallest absolute Gasteiger partial charge is 0.355 e. The van der Waals surface area contributed by atoms with Gasteiger partial charge in [0.1, 0.15) is 6.04 Å². The second-order valence-electron chi connectivity index (χ2n) is 5.74. The van der Waals surface area contributed by atoms with Crippen LogP contribution < -0.4 is 5.32 Å². The summed E-state index contributed by atoms with van der Waals surface area (Å²) in [5, 5.41) is 13.8. The maximum Gasteiger partial charge on any atom is 0.355 e. The Morgan fingerprint density at radius 3 is 3.04 bits per heavy atom. The molecule has 2 amide bonds. The van der Waals surface area contributed by atoms with Crippen molar-refractivity contribution in [1.29, 1.82) is 0 Å². The second-order valence-corrected chi connectivity index (χ2v) is 8.18. The molecule has 0 spiro atoms. The van der Waals surface area contributed by atoms with Crippen molar-refractivity contribution >= 4 is 40.9 Å². The molecule has 2 unspecified atom stereocenters. The monoisotopic (exact) mass is 355 g/mol. The third-order valence-corrected chi connectivity index (χ3v) is 6.57. The highest BCUT2D eigenvalue weighted by Gasteiger charge is 2.52. The first-order chi connectivity index (χ1) is 10.9. The van der Waals surface area contributed by atoms with Crippen molar-refractivity contribution in [2.24, 2.45) is 0 Å². The van der Waals surface area contributed by atoms with Gasteiger partial charge < -0.3 is 15.3 Å². The zero-order chi connectivity index (χ0) is 16.6. The van der Waals surface area contributed by atoms with E-state index in [1.54, 1.807) is 16.7 Å². The summed E-state index contributed by atoms with van der Waals surface area (Å²) in [6.07, 6.45) is 1.77. The number of carbonyl (C=O) groups is 3. The van der Waals surface area contributed by atoms with Gasteiger partial charge in [0, 0.05) is 30.5 Å². The van der Waals surface area contributed by atoms with E-state index < -0.39 is 12.0 Å². The number of aromatic nitrogens is 1. The van der Waals surface area contributed by atoms with Gasteiger partial charge in [0.2, 0.25) is 11.8 Å². The van der Waals surface area contributed by atoms with Gasteiger partial charge in [-0.1, -0.05) is 0 Å². The molecule has 1 aromatic heterocycles. The fraction of sp³-hybridized carbons (Fsp3) is 0.571. The molecule has 0 aromatic carbocycles. The van der Waals surface area contributed by atoms with Crippen LogP contribution in [0.5, 0.6) is 0 Å². The Kier molecular flexibility index (Phi) is 4.33. The normalized spacial score (nSPS) is 26.4. The van der Waals surface area contributed by atoms with E-state index in [-0.39, 0.29) is 22.4 Å². The summed E-state index contributed by atoms with van der Waals surface area (Å²) in [6, 6.07) is -0.411. The maximum absolute atomic E-state index is 12.3. The van der Waals surface area contributed by atoms with Crippen LogP contribution >= 0.6 is 23.1 Å². The average Bonchev–Trinajstić information content (AvgIpc) is 3.16. The van der Waals surface area contributed by atoms with Crippen LogP contribution in [0.2, 0.25) is 0 Å². The lowest BCUT2D eigenvalue weighted by Gasteiger charge is -2.29. The second kappa shape index (κ2) is 6.12. The predicted octanol–water partition coefficient (Wildman–Crippen LogP) is 0.954. The van der Waals surface area contributed by atoms with Crippen molar-refractivity contribution in [2.75, 3.05) is 12.3 Å². The molecule has 1 aromatic rings. The first kappa shape index (κ1) is 16.3. The van der Waals surface area contributed by atoms with Gasteiger partial charge in [-0.15, -0.1) is 23.1 Å². The molecule has 0 saturated carbocycles. The van der Waals surface area contributed by atoms with Crippen LogP contribution in [-0.2, 0) is 16.0 Å². The summed E-state index contributed by atoms with van der Waals surface area (Å²) < 4.78 is 0. The van der Waals surface area contributed by atoms with Crippen molar-refractivity contribution in [3.05, 3.63) is 16.1 Å². The maximum atomic E-state index is 12.3. The molecule has 0 aliphatic carbocycles. The van der Waals surface area contributed by atoms with Crippen LogP contribution in [-0.4, -0.2) is 56.0 Å². The van der Waals surface area contributed by atoms with Crippen molar-refractivity contribution in [3.63, 3.8) is 0 Å². The largest absolute Gasteiger partial charge is 0.476 e. The van der Waals surface area contributed by atoms with Crippen LogP contribution in [0.15, 0.2) is 5.38 Å². The summed E-state index contributed by atoms with van der Waals surface area (Å²) in [6.45, 7) is 2.39. The Morgan fingerprint density at radius 1 is 1.57 bits per heavy atom. The van der Waals surface area contributed by atoms with E-state index in [2.05, 4.69) is 10.3 Å². The van der Waals surface area contributed by atoms with Crippen molar-refractivity contribution in [3.8, 4) is 0 Å². The van der Waals surface area contributed by atoms with Gasteiger partial charge in [0.15, 0.2) is 5.69 Å². The standard InChI is InChI=1S/C14H17N3O4S2/c1-14-4-2-11(18)17(14)9(7-23-14)12(19)15-5-3-10-16-8(6-22-10)13(20)21/h6,9H,2-5,7H2,1H3,(H,15,19)(H,20,21). The molecule has 124 valence electrons. The Hall–Kier alpha value is -1.61. The quantitative estimate of drug-likeness (QED) is 0.816. The molecule has 7 nitrogen and oxygen atoms in total. The SMILES string of the molecule is CC12CCC(=O)N1C(C(=O)NCCc1nc(C(=O)O)cs1)CS2. The molecule has 3 rings (SSSR count). The van der Waals surface area contributed by atoms with E-state index in [0.717, 1.165) is 6.42 Å². The number of carboxylic acid groups (broad SMARTS) is 1. The summed E-state index contributed by atoms with van der Waals surface area (Å²) in [5.74, 6) is -0.532. The molecule has 23 heavy (non-hydrogen) atoms. The molecule has 9 heteroatoms. The van der Waals surface area contributed by atoms with Crippen LogP contribution in [0.3, 0.4) is 0 Å². The number of carbonyl (C=O) groups excluding carboxylic acids is 2. The fourth-order valence-electron chi connectivity index (χ4n) is 2.95. The third kappa shape index (κ3) is 3.07. The zero-order valence-electron chi connectivity index (χ0n) is 12.6. The average molecular weight is 355 g/mol. The van der Waals surface area contributed by atoms with Crippen molar-refractivity contribution in [1.82, 2.24) is 15.2 Å². The van der Waals surface area contributed by atoms with E-state index in [1.807, 2.05) is 6.92 Å². The molecule has 3 heterocycles. The summed E-state index contributed by atoms with van der Waals surface area (Å²) in [5.41, 5.74) is 0.0296. The number of carboxylic acids is 1. The summed E-state index contributed by atoms with van der Waals surface area (Å²) in [7, 11) is 0.